The van der Waals surface area contributed by atoms with Crippen molar-refractivity contribution in [2.24, 2.45) is 0 Å². The zero-order valence-electron chi connectivity index (χ0n) is 22.3. The van der Waals surface area contributed by atoms with E-state index in [1.807, 2.05) is 13.8 Å². The fourth-order valence-electron chi connectivity index (χ4n) is 4.36. The van der Waals surface area contributed by atoms with Gasteiger partial charge in [-0.3, -0.25) is 0 Å². The van der Waals surface area contributed by atoms with E-state index in [1.165, 1.54) is 8.61 Å². The van der Waals surface area contributed by atoms with Crippen LogP contribution in [0.25, 0.3) is 0 Å². The van der Waals surface area contributed by atoms with E-state index in [-0.39, 0.29) is 41.3 Å². The smallest absolute Gasteiger partial charge is 0.243 e. The van der Waals surface area contributed by atoms with Gasteiger partial charge >= 0.3 is 0 Å². The number of sulfonamides is 2. The molecule has 3 rings (SSSR count). The molecule has 206 valence electrons. The van der Waals surface area contributed by atoms with Gasteiger partial charge in [0.15, 0.2) is 0 Å². The molecule has 1 fully saturated rings. The summed E-state index contributed by atoms with van der Waals surface area (Å²) in [6.07, 6.45) is 1.36. The van der Waals surface area contributed by atoms with E-state index in [2.05, 4.69) is 25.3 Å². The van der Waals surface area contributed by atoms with Crippen molar-refractivity contribution in [3.05, 3.63) is 71.8 Å². The van der Waals surface area contributed by atoms with Crippen LogP contribution in [-0.2, 0) is 20.0 Å². The molecular weight excluding hydrogens is 530 g/mol. The maximum absolute atomic E-state index is 13.5. The van der Waals surface area contributed by atoms with E-state index in [0.29, 0.717) is 31.5 Å². The lowest BCUT2D eigenvalue weighted by atomic mass is 10.2. The molecule has 0 radical (unpaired) electrons. The molecule has 1 saturated heterocycles. The van der Waals surface area contributed by atoms with Crippen molar-refractivity contribution in [1.82, 2.24) is 13.5 Å². The summed E-state index contributed by atoms with van der Waals surface area (Å²) >= 11 is 0. The van der Waals surface area contributed by atoms with Gasteiger partial charge in [0.25, 0.3) is 0 Å². The van der Waals surface area contributed by atoms with Crippen LogP contribution in [0.3, 0.4) is 0 Å². The Morgan fingerprint density at radius 3 is 1.35 bits per heavy atom. The van der Waals surface area contributed by atoms with E-state index >= 15 is 0 Å². The summed E-state index contributed by atoms with van der Waals surface area (Å²) in [5.74, 6) is 0. The summed E-state index contributed by atoms with van der Waals surface area (Å²) in [7, 11) is -7.52. The zero-order valence-corrected chi connectivity index (χ0v) is 24.7. The van der Waals surface area contributed by atoms with Crippen molar-refractivity contribution >= 4 is 32.5 Å². The third-order valence-corrected chi connectivity index (χ3v) is 10.3. The average molecular weight is 570 g/mol. The van der Waals surface area contributed by atoms with Gasteiger partial charge in [-0.25, -0.2) is 16.8 Å². The number of hydrogen-bond acceptors (Lipinski definition) is 5. The van der Waals surface area contributed by atoms with Crippen molar-refractivity contribution in [2.75, 3.05) is 39.3 Å². The van der Waals surface area contributed by atoms with Crippen molar-refractivity contribution in [3.8, 4) is 0 Å². The van der Waals surface area contributed by atoms with Gasteiger partial charge in [0.2, 0.25) is 20.0 Å². The van der Waals surface area contributed by atoms with Gasteiger partial charge in [-0.05, 0) is 83.5 Å². The van der Waals surface area contributed by atoms with Gasteiger partial charge in [0.05, 0.1) is 9.79 Å². The van der Waals surface area contributed by atoms with E-state index in [4.69, 9.17) is 0 Å². The Labute approximate surface area is 229 Å². The Balaban J connectivity index is 0.00000481. The third-order valence-electron chi connectivity index (χ3n) is 6.55. The van der Waals surface area contributed by atoms with Crippen LogP contribution in [0, 0.1) is 13.8 Å². The van der Waals surface area contributed by atoms with Crippen LogP contribution >= 0.6 is 12.4 Å². The first-order chi connectivity index (χ1) is 16.9. The minimum absolute atomic E-state index is 0. The molecule has 1 aliphatic rings. The number of aryl methyl sites for hydroxylation is 2. The molecule has 0 atom stereocenters. The highest BCUT2D eigenvalue weighted by Gasteiger charge is 2.29. The molecule has 0 unspecified atom stereocenters. The van der Waals surface area contributed by atoms with Crippen molar-refractivity contribution in [2.45, 2.75) is 56.4 Å². The monoisotopic (exact) mass is 569 g/mol. The van der Waals surface area contributed by atoms with Gasteiger partial charge in [-0.1, -0.05) is 42.0 Å². The second-order valence-corrected chi connectivity index (χ2v) is 13.8. The van der Waals surface area contributed by atoms with Gasteiger partial charge in [0, 0.05) is 32.2 Å². The number of benzene rings is 2. The Kier molecular flexibility index (Phi) is 11.4. The second kappa shape index (κ2) is 13.4. The second-order valence-electron chi connectivity index (χ2n) is 9.89. The van der Waals surface area contributed by atoms with Crippen molar-refractivity contribution in [1.29, 1.82) is 0 Å². The van der Waals surface area contributed by atoms with Crippen molar-refractivity contribution < 1.29 is 16.8 Å². The molecule has 2 aromatic rings. The molecule has 0 aliphatic carbocycles. The van der Waals surface area contributed by atoms with E-state index in [0.717, 1.165) is 24.2 Å². The first-order valence-corrected chi connectivity index (χ1v) is 15.3. The molecule has 0 aromatic heterocycles. The number of nitrogens with zero attached hydrogens (tertiary/aromatic N) is 3. The van der Waals surface area contributed by atoms with Gasteiger partial charge in [-0.15, -0.1) is 12.4 Å². The molecular formula is C27H40ClN3O4S2. The predicted octanol–water partition coefficient (Wildman–Crippen LogP) is 4.47. The summed E-state index contributed by atoms with van der Waals surface area (Å²) in [6.45, 7) is 14.4. The SMILES string of the molecule is C=C1CN(S(=O)(=O)c2ccc(C)cc2)CCCN(C(C)C)CCCN(S(=O)(=O)c2ccc(C)cc2)C1.Cl. The summed E-state index contributed by atoms with van der Waals surface area (Å²) in [4.78, 5) is 2.75. The lowest BCUT2D eigenvalue weighted by Crippen LogP contribution is -2.42. The Morgan fingerprint density at radius 2 is 1.03 bits per heavy atom. The summed E-state index contributed by atoms with van der Waals surface area (Å²) in [5, 5.41) is 0. The van der Waals surface area contributed by atoms with Crippen LogP contribution in [0.4, 0.5) is 0 Å². The molecule has 1 heterocycles. The Morgan fingerprint density at radius 1 is 0.676 bits per heavy atom. The molecule has 0 N–H and O–H groups in total. The summed E-state index contributed by atoms with van der Waals surface area (Å²) < 4.78 is 57.1. The predicted molar refractivity (Wildman–Crippen MR) is 152 cm³/mol. The van der Waals surface area contributed by atoms with Crippen LogP contribution in [0.2, 0.25) is 0 Å². The first-order valence-electron chi connectivity index (χ1n) is 12.5. The van der Waals surface area contributed by atoms with E-state index < -0.39 is 20.0 Å². The lowest BCUT2D eigenvalue weighted by Gasteiger charge is -2.32. The maximum atomic E-state index is 13.5. The molecule has 37 heavy (non-hydrogen) atoms. The highest BCUT2D eigenvalue weighted by molar-refractivity contribution is 7.89. The molecule has 0 bridgehead atoms. The molecule has 0 spiro atoms. The average Bonchev–Trinajstić information content (AvgIpc) is 2.81. The standard InChI is InChI=1S/C27H39N3O4S2.ClH/c1-22(2)28-16-6-18-29(35(31,32)26-12-8-23(3)9-13-26)20-25(5)21-30(19-7-17-28)36(33,34)27-14-10-24(4)11-15-27;/h8-15,22H,5-7,16-21H2,1-4H3;1H. The topological polar surface area (TPSA) is 78.0 Å². The van der Waals surface area contributed by atoms with Crippen molar-refractivity contribution in [3.63, 3.8) is 0 Å². The highest BCUT2D eigenvalue weighted by atomic mass is 35.5. The van der Waals surface area contributed by atoms with Crippen LogP contribution in [0.5, 0.6) is 0 Å². The fourth-order valence-corrected chi connectivity index (χ4v) is 7.36. The zero-order chi connectivity index (χ0) is 26.5. The summed E-state index contributed by atoms with van der Waals surface area (Å²) in [6, 6.07) is 13.9. The van der Waals surface area contributed by atoms with E-state index in [9.17, 15) is 16.8 Å². The van der Waals surface area contributed by atoms with Crippen LogP contribution in [0.15, 0.2) is 70.5 Å². The molecule has 0 amide bonds. The minimum atomic E-state index is -3.76. The van der Waals surface area contributed by atoms with Gasteiger partial charge < -0.3 is 4.90 Å². The quantitative estimate of drug-likeness (QED) is 0.497. The maximum Gasteiger partial charge on any atom is 0.243 e. The number of rotatable bonds is 5. The number of hydrogen-bond donors (Lipinski definition) is 0. The third kappa shape index (κ3) is 8.12. The molecule has 10 heteroatoms. The van der Waals surface area contributed by atoms with Crippen LogP contribution < -0.4 is 0 Å². The van der Waals surface area contributed by atoms with Gasteiger partial charge in [0.1, 0.15) is 0 Å². The first kappa shape index (κ1) is 31.5. The Hall–Kier alpha value is -1.75. The lowest BCUT2D eigenvalue weighted by molar-refractivity contribution is 0.203. The largest absolute Gasteiger partial charge is 0.301 e. The highest BCUT2D eigenvalue weighted by Crippen LogP contribution is 2.22. The molecule has 0 saturated carbocycles. The summed E-state index contributed by atoms with van der Waals surface area (Å²) in [5.41, 5.74) is 2.51. The van der Waals surface area contributed by atoms with E-state index in [1.54, 1.807) is 48.5 Å². The van der Waals surface area contributed by atoms with Crippen LogP contribution in [-0.4, -0.2) is 75.7 Å². The van der Waals surface area contributed by atoms with Crippen LogP contribution in [0.1, 0.15) is 37.8 Å². The molecule has 2 aromatic carbocycles. The normalized spacial score (nSPS) is 18.1. The number of halogens is 1. The molecule has 1 aliphatic heterocycles. The molecule has 7 nitrogen and oxygen atoms in total. The Bertz CT molecular complexity index is 1150. The van der Waals surface area contributed by atoms with Gasteiger partial charge in [-0.2, -0.15) is 8.61 Å². The fraction of sp³-hybridized carbons (Fsp3) is 0.481. The minimum Gasteiger partial charge on any atom is -0.301 e.